The van der Waals surface area contributed by atoms with Gasteiger partial charge in [-0.05, 0) is 23.1 Å². The quantitative estimate of drug-likeness (QED) is 0.478. The van der Waals surface area contributed by atoms with E-state index in [1.54, 1.807) is 14.2 Å². The second-order valence-corrected chi connectivity index (χ2v) is 6.03. The lowest BCUT2D eigenvalue weighted by Gasteiger charge is -2.23. The Morgan fingerprint density at radius 2 is 1.63 bits per heavy atom. The molecular formula is C22H28O5. The van der Waals surface area contributed by atoms with Crippen molar-refractivity contribution in [3.05, 3.63) is 60.2 Å². The van der Waals surface area contributed by atoms with Gasteiger partial charge in [0.15, 0.2) is 13.6 Å². The Balaban J connectivity index is 2.72. The van der Waals surface area contributed by atoms with E-state index in [9.17, 15) is 5.11 Å². The van der Waals surface area contributed by atoms with Gasteiger partial charge >= 0.3 is 0 Å². The van der Waals surface area contributed by atoms with Gasteiger partial charge in [-0.15, -0.1) is 6.58 Å². The zero-order valence-electron chi connectivity index (χ0n) is 16.2. The van der Waals surface area contributed by atoms with E-state index < -0.39 is 6.10 Å². The molecule has 0 saturated heterocycles. The van der Waals surface area contributed by atoms with Gasteiger partial charge in [0.25, 0.3) is 0 Å². The maximum Gasteiger partial charge on any atom is 0.188 e. The van der Waals surface area contributed by atoms with Gasteiger partial charge in [0.2, 0.25) is 0 Å². The first kappa shape index (κ1) is 21.0. The number of ether oxygens (including phenoxy) is 4. The van der Waals surface area contributed by atoms with Gasteiger partial charge in [-0.3, -0.25) is 0 Å². The predicted molar refractivity (Wildman–Crippen MR) is 106 cm³/mol. The standard InChI is InChI=1S/C22H28O5/c1-5-17(23)12-19-18(6-2)20(26-14-24-3)13-21(27-15-25-4)22(19)16-10-8-7-9-11-16/h5,7-11,13,17,23H,1,6,12,14-15H2,2-4H3. The topological polar surface area (TPSA) is 57.2 Å². The van der Waals surface area contributed by atoms with E-state index in [1.807, 2.05) is 36.4 Å². The summed E-state index contributed by atoms with van der Waals surface area (Å²) in [5.74, 6) is 1.31. The van der Waals surface area contributed by atoms with E-state index in [0.29, 0.717) is 17.9 Å². The van der Waals surface area contributed by atoms with Gasteiger partial charge < -0.3 is 24.1 Å². The molecule has 0 bridgehead atoms. The van der Waals surface area contributed by atoms with Crippen LogP contribution in [0.15, 0.2) is 49.1 Å². The van der Waals surface area contributed by atoms with Crippen molar-refractivity contribution in [3.8, 4) is 22.6 Å². The van der Waals surface area contributed by atoms with E-state index in [2.05, 4.69) is 13.5 Å². The third-order valence-corrected chi connectivity index (χ3v) is 4.24. The zero-order chi connectivity index (χ0) is 19.6. The minimum Gasteiger partial charge on any atom is -0.467 e. The highest BCUT2D eigenvalue weighted by Crippen LogP contribution is 2.41. The maximum absolute atomic E-state index is 10.3. The molecule has 1 atom stereocenters. The third kappa shape index (κ3) is 5.32. The predicted octanol–water partition coefficient (Wildman–Crippen LogP) is 3.97. The lowest BCUT2D eigenvalue weighted by atomic mass is 9.89. The Morgan fingerprint density at radius 3 is 2.19 bits per heavy atom. The molecule has 0 aliphatic carbocycles. The minimum absolute atomic E-state index is 0.110. The molecule has 5 heteroatoms. The largest absolute Gasteiger partial charge is 0.467 e. The number of aliphatic hydroxyl groups is 1. The van der Waals surface area contributed by atoms with E-state index in [0.717, 1.165) is 28.7 Å². The first-order valence-electron chi connectivity index (χ1n) is 8.94. The summed E-state index contributed by atoms with van der Waals surface area (Å²) in [5, 5.41) is 10.3. The van der Waals surface area contributed by atoms with Gasteiger partial charge in [0.05, 0.1) is 6.10 Å². The van der Waals surface area contributed by atoms with Crippen molar-refractivity contribution in [1.29, 1.82) is 0 Å². The molecule has 2 aromatic rings. The van der Waals surface area contributed by atoms with Crippen LogP contribution in [0, 0.1) is 0 Å². The monoisotopic (exact) mass is 372 g/mol. The van der Waals surface area contributed by atoms with Crippen LogP contribution < -0.4 is 9.47 Å². The Morgan fingerprint density at radius 1 is 1.00 bits per heavy atom. The molecule has 5 nitrogen and oxygen atoms in total. The Bertz CT molecular complexity index is 727. The molecule has 0 aromatic heterocycles. The van der Waals surface area contributed by atoms with E-state index in [4.69, 9.17) is 18.9 Å². The Hall–Kier alpha value is -2.34. The Labute approximate surface area is 161 Å². The summed E-state index contributed by atoms with van der Waals surface area (Å²) in [6, 6.07) is 11.8. The van der Waals surface area contributed by atoms with Crippen molar-refractivity contribution in [3.63, 3.8) is 0 Å². The van der Waals surface area contributed by atoms with Crippen LogP contribution in [-0.2, 0) is 22.3 Å². The number of hydrogen-bond donors (Lipinski definition) is 1. The van der Waals surface area contributed by atoms with Crippen molar-refractivity contribution in [2.45, 2.75) is 25.9 Å². The summed E-state index contributed by atoms with van der Waals surface area (Å²) in [4.78, 5) is 0. The van der Waals surface area contributed by atoms with E-state index >= 15 is 0 Å². The molecule has 0 fully saturated rings. The molecule has 1 N–H and O–H groups in total. The molecule has 0 heterocycles. The summed E-state index contributed by atoms with van der Waals surface area (Å²) in [6.07, 6.45) is 2.00. The second-order valence-electron chi connectivity index (χ2n) is 6.03. The van der Waals surface area contributed by atoms with Crippen molar-refractivity contribution in [1.82, 2.24) is 0 Å². The van der Waals surface area contributed by atoms with Crippen LogP contribution in [-0.4, -0.2) is 39.0 Å². The van der Waals surface area contributed by atoms with Crippen LogP contribution in [0.3, 0.4) is 0 Å². The Kier molecular flexibility index (Phi) is 8.33. The fourth-order valence-corrected chi connectivity index (χ4v) is 3.04. The fourth-order valence-electron chi connectivity index (χ4n) is 3.04. The summed E-state index contributed by atoms with van der Waals surface area (Å²) in [5.41, 5.74) is 3.91. The van der Waals surface area contributed by atoms with Gasteiger partial charge in [0.1, 0.15) is 11.5 Å². The van der Waals surface area contributed by atoms with E-state index in [-0.39, 0.29) is 13.6 Å². The van der Waals surface area contributed by atoms with Crippen molar-refractivity contribution in [2.75, 3.05) is 27.8 Å². The highest BCUT2D eigenvalue weighted by molar-refractivity contribution is 5.77. The van der Waals surface area contributed by atoms with E-state index in [1.165, 1.54) is 6.08 Å². The summed E-state index contributed by atoms with van der Waals surface area (Å²) in [6.45, 7) is 6.00. The molecule has 0 radical (unpaired) electrons. The molecule has 27 heavy (non-hydrogen) atoms. The second kappa shape index (κ2) is 10.7. The number of methoxy groups -OCH3 is 2. The van der Waals surface area contributed by atoms with Gasteiger partial charge in [-0.2, -0.15) is 0 Å². The van der Waals surface area contributed by atoms with Crippen molar-refractivity contribution in [2.24, 2.45) is 0 Å². The molecule has 1 unspecified atom stereocenters. The van der Waals surface area contributed by atoms with Gasteiger partial charge in [0, 0.05) is 32.3 Å². The maximum atomic E-state index is 10.3. The normalized spacial score (nSPS) is 11.9. The molecule has 2 rings (SSSR count). The average molecular weight is 372 g/mol. The van der Waals surface area contributed by atoms with Gasteiger partial charge in [-0.1, -0.05) is 43.3 Å². The SMILES string of the molecule is C=CC(O)Cc1c(CC)c(OCOC)cc(OCOC)c1-c1ccccc1. The number of benzene rings is 2. The molecule has 0 aliphatic heterocycles. The molecule has 0 aliphatic rings. The number of hydrogen-bond acceptors (Lipinski definition) is 5. The third-order valence-electron chi connectivity index (χ3n) is 4.24. The highest BCUT2D eigenvalue weighted by atomic mass is 16.7. The molecule has 0 spiro atoms. The summed E-state index contributed by atoms with van der Waals surface area (Å²) < 4.78 is 21.8. The van der Waals surface area contributed by atoms with Crippen molar-refractivity contribution < 1.29 is 24.1 Å². The molecule has 2 aromatic carbocycles. The molecule has 0 saturated carbocycles. The van der Waals surface area contributed by atoms with Crippen LogP contribution >= 0.6 is 0 Å². The lowest BCUT2D eigenvalue weighted by Crippen LogP contribution is -2.13. The zero-order valence-corrected chi connectivity index (χ0v) is 16.2. The number of rotatable bonds is 11. The van der Waals surface area contributed by atoms with Gasteiger partial charge in [-0.25, -0.2) is 0 Å². The van der Waals surface area contributed by atoms with Crippen LogP contribution in [0.1, 0.15) is 18.1 Å². The van der Waals surface area contributed by atoms with Crippen LogP contribution in [0.5, 0.6) is 11.5 Å². The molecule has 146 valence electrons. The highest BCUT2D eigenvalue weighted by Gasteiger charge is 2.22. The molecule has 0 amide bonds. The summed E-state index contributed by atoms with van der Waals surface area (Å²) in [7, 11) is 3.15. The lowest BCUT2D eigenvalue weighted by molar-refractivity contribution is 0.0457. The minimum atomic E-state index is -0.675. The van der Waals surface area contributed by atoms with Crippen LogP contribution in [0.25, 0.3) is 11.1 Å². The average Bonchev–Trinajstić information content (AvgIpc) is 2.70. The van der Waals surface area contributed by atoms with Crippen LogP contribution in [0.2, 0.25) is 0 Å². The first-order valence-corrected chi connectivity index (χ1v) is 8.94. The summed E-state index contributed by atoms with van der Waals surface area (Å²) >= 11 is 0. The van der Waals surface area contributed by atoms with Crippen LogP contribution in [0.4, 0.5) is 0 Å². The fraction of sp³-hybridized carbons (Fsp3) is 0.364. The first-order chi connectivity index (χ1) is 13.2. The number of aliphatic hydroxyl groups excluding tert-OH is 1. The molecular weight excluding hydrogens is 344 g/mol. The smallest absolute Gasteiger partial charge is 0.188 e. The van der Waals surface area contributed by atoms with Crippen molar-refractivity contribution >= 4 is 0 Å².